The maximum atomic E-state index is 12.8. The Morgan fingerprint density at radius 1 is 1.10 bits per heavy atom. The minimum absolute atomic E-state index is 0.0202. The Bertz CT molecular complexity index is 1060. The van der Waals surface area contributed by atoms with Gasteiger partial charge in [0.1, 0.15) is 0 Å². The molecule has 1 heterocycles. The van der Waals surface area contributed by atoms with E-state index >= 15 is 0 Å². The summed E-state index contributed by atoms with van der Waals surface area (Å²) in [4.78, 5) is 26.5. The van der Waals surface area contributed by atoms with Gasteiger partial charge in [-0.1, -0.05) is 18.2 Å². The van der Waals surface area contributed by atoms with Crippen molar-refractivity contribution in [2.45, 2.75) is 26.4 Å². The third-order valence-corrected chi connectivity index (χ3v) is 4.86. The highest BCUT2D eigenvalue weighted by Crippen LogP contribution is 2.28. The Balaban J connectivity index is 1.71. The first-order chi connectivity index (χ1) is 14.1. The lowest BCUT2D eigenvalue weighted by atomic mass is 10.1. The average Bonchev–Trinajstić information content (AvgIpc) is 2.76. The highest BCUT2D eigenvalue weighted by Gasteiger charge is 2.15. The number of rotatable bonds is 8. The van der Waals surface area contributed by atoms with Gasteiger partial charge in [0.2, 0.25) is 11.3 Å². The molecule has 7 nitrogen and oxygen atoms in total. The molecular formula is C22H25N3O4. The number of ether oxygens (including phenoxy) is 2. The molecule has 0 aliphatic carbocycles. The summed E-state index contributed by atoms with van der Waals surface area (Å²) in [6.07, 6.45) is 1.59. The van der Waals surface area contributed by atoms with E-state index in [9.17, 15) is 9.59 Å². The number of carbonyl (C=O) groups is 1. The van der Waals surface area contributed by atoms with Gasteiger partial charge in [-0.05, 0) is 36.8 Å². The summed E-state index contributed by atoms with van der Waals surface area (Å²) < 4.78 is 12.3. The van der Waals surface area contributed by atoms with Gasteiger partial charge in [0, 0.05) is 24.9 Å². The van der Waals surface area contributed by atoms with Crippen LogP contribution < -0.4 is 14.9 Å². The second kappa shape index (κ2) is 9.23. The zero-order valence-corrected chi connectivity index (χ0v) is 16.9. The monoisotopic (exact) mass is 395 g/mol. The van der Waals surface area contributed by atoms with Crippen LogP contribution in [-0.4, -0.2) is 41.4 Å². The second-order valence-electron chi connectivity index (χ2n) is 6.60. The van der Waals surface area contributed by atoms with E-state index in [1.54, 1.807) is 29.9 Å². The normalized spacial score (nSPS) is 10.7. The first kappa shape index (κ1) is 20.4. The van der Waals surface area contributed by atoms with Crippen molar-refractivity contribution in [3.63, 3.8) is 0 Å². The molecule has 0 saturated carbocycles. The van der Waals surface area contributed by atoms with E-state index in [0.717, 1.165) is 11.1 Å². The topological polar surface area (TPSA) is 73.7 Å². The van der Waals surface area contributed by atoms with Crippen LogP contribution in [0.4, 0.5) is 0 Å². The van der Waals surface area contributed by atoms with Crippen molar-refractivity contribution < 1.29 is 14.3 Å². The molecule has 0 N–H and O–H groups in total. The molecule has 7 heteroatoms. The van der Waals surface area contributed by atoms with E-state index < -0.39 is 0 Å². The van der Waals surface area contributed by atoms with Crippen LogP contribution in [0.5, 0.6) is 11.5 Å². The molecule has 0 unspecified atom stereocenters. The first-order valence-electron chi connectivity index (χ1n) is 9.51. The minimum atomic E-state index is -0.119. The number of nitrogens with zero attached hydrogens (tertiary/aromatic N) is 3. The van der Waals surface area contributed by atoms with E-state index in [1.807, 2.05) is 43.3 Å². The van der Waals surface area contributed by atoms with Crippen molar-refractivity contribution >= 4 is 16.8 Å². The summed E-state index contributed by atoms with van der Waals surface area (Å²) in [6.45, 7) is 3.42. The summed E-state index contributed by atoms with van der Waals surface area (Å²) in [6, 6.07) is 12.9. The number of amides is 1. The molecule has 0 aliphatic rings. The fourth-order valence-corrected chi connectivity index (χ4v) is 3.27. The molecule has 1 aromatic heterocycles. The van der Waals surface area contributed by atoms with Crippen molar-refractivity contribution in [2.75, 3.05) is 20.8 Å². The van der Waals surface area contributed by atoms with Crippen LogP contribution in [0.2, 0.25) is 0 Å². The van der Waals surface area contributed by atoms with Crippen LogP contribution >= 0.6 is 0 Å². The molecule has 29 heavy (non-hydrogen) atoms. The smallest absolute Gasteiger partial charge is 0.224 e. The van der Waals surface area contributed by atoms with E-state index in [0.29, 0.717) is 42.9 Å². The number of fused-ring (bicyclic) bond motifs is 1. The molecule has 0 saturated heterocycles. The maximum Gasteiger partial charge on any atom is 0.224 e. The van der Waals surface area contributed by atoms with Crippen LogP contribution in [0.15, 0.2) is 53.5 Å². The number of benzene rings is 2. The van der Waals surface area contributed by atoms with Gasteiger partial charge in [-0.2, -0.15) is 5.10 Å². The second-order valence-corrected chi connectivity index (χ2v) is 6.60. The molecule has 0 spiro atoms. The molecule has 0 bridgehead atoms. The molecule has 2 aromatic carbocycles. The lowest BCUT2D eigenvalue weighted by Crippen LogP contribution is -2.31. The average molecular weight is 395 g/mol. The lowest BCUT2D eigenvalue weighted by Gasteiger charge is -2.22. The Morgan fingerprint density at radius 3 is 2.59 bits per heavy atom. The fourth-order valence-electron chi connectivity index (χ4n) is 3.27. The number of para-hydroxylation sites is 1. The van der Waals surface area contributed by atoms with Crippen LogP contribution in [0.1, 0.15) is 18.9 Å². The zero-order chi connectivity index (χ0) is 20.8. The van der Waals surface area contributed by atoms with Crippen molar-refractivity contribution in [3.05, 3.63) is 64.4 Å². The molecule has 1 amide bonds. The largest absolute Gasteiger partial charge is 0.493 e. The van der Waals surface area contributed by atoms with Crippen molar-refractivity contribution in [2.24, 2.45) is 0 Å². The number of hydrogen-bond donors (Lipinski definition) is 0. The molecule has 3 aromatic rings. The number of carbonyl (C=O) groups excluding carboxylic acids is 1. The van der Waals surface area contributed by atoms with E-state index in [2.05, 4.69) is 5.10 Å². The van der Waals surface area contributed by atoms with Gasteiger partial charge in [0.05, 0.1) is 32.5 Å². The van der Waals surface area contributed by atoms with E-state index in [-0.39, 0.29) is 11.3 Å². The van der Waals surface area contributed by atoms with Crippen LogP contribution in [-0.2, 0) is 17.9 Å². The van der Waals surface area contributed by atoms with Gasteiger partial charge >= 0.3 is 0 Å². The standard InChI is InChI=1S/C22H25N3O4/c1-4-24(15-16-9-10-20(28-2)21(13-16)29-3)22(27)11-12-25-18-8-6-5-7-17(18)19(26)14-23-25/h5-10,13-14H,4,11-12,15H2,1-3H3. The number of aromatic nitrogens is 2. The van der Waals surface area contributed by atoms with Crippen molar-refractivity contribution in [3.8, 4) is 11.5 Å². The fraction of sp³-hybridized carbons (Fsp3) is 0.318. The van der Waals surface area contributed by atoms with Gasteiger partial charge in [0.15, 0.2) is 11.5 Å². The highest BCUT2D eigenvalue weighted by molar-refractivity contribution is 5.79. The quantitative estimate of drug-likeness (QED) is 0.586. The third kappa shape index (κ3) is 4.56. The number of methoxy groups -OCH3 is 2. The van der Waals surface area contributed by atoms with Crippen LogP contribution in [0, 0.1) is 0 Å². The van der Waals surface area contributed by atoms with E-state index in [1.165, 1.54) is 6.20 Å². The minimum Gasteiger partial charge on any atom is -0.493 e. The zero-order valence-electron chi connectivity index (χ0n) is 16.9. The summed E-state index contributed by atoms with van der Waals surface area (Å²) in [5.41, 5.74) is 1.58. The summed E-state index contributed by atoms with van der Waals surface area (Å²) in [5, 5.41) is 4.80. The molecule has 0 radical (unpaired) electrons. The summed E-state index contributed by atoms with van der Waals surface area (Å²) in [5.74, 6) is 1.31. The molecular weight excluding hydrogens is 370 g/mol. The Kier molecular flexibility index (Phi) is 6.49. The van der Waals surface area contributed by atoms with Crippen LogP contribution in [0.25, 0.3) is 10.9 Å². The Morgan fingerprint density at radius 2 is 1.86 bits per heavy atom. The first-order valence-corrected chi connectivity index (χ1v) is 9.51. The van der Waals surface area contributed by atoms with Crippen molar-refractivity contribution in [1.82, 2.24) is 14.7 Å². The number of aryl methyl sites for hydroxylation is 1. The summed E-state index contributed by atoms with van der Waals surface area (Å²) >= 11 is 0. The van der Waals surface area contributed by atoms with Crippen LogP contribution in [0.3, 0.4) is 0 Å². The summed E-state index contributed by atoms with van der Waals surface area (Å²) in [7, 11) is 3.18. The van der Waals surface area contributed by atoms with Crippen molar-refractivity contribution in [1.29, 1.82) is 0 Å². The van der Waals surface area contributed by atoms with Gasteiger partial charge < -0.3 is 14.4 Å². The van der Waals surface area contributed by atoms with Gasteiger partial charge in [-0.3, -0.25) is 14.3 Å². The van der Waals surface area contributed by atoms with Gasteiger partial charge in [-0.15, -0.1) is 0 Å². The molecule has 152 valence electrons. The SMILES string of the molecule is CCN(Cc1ccc(OC)c(OC)c1)C(=O)CCn1ncc(=O)c2ccccc21. The third-order valence-electron chi connectivity index (χ3n) is 4.86. The van der Waals surface area contributed by atoms with Gasteiger partial charge in [-0.25, -0.2) is 0 Å². The highest BCUT2D eigenvalue weighted by atomic mass is 16.5. The predicted octanol–water partition coefficient (Wildman–Crippen LogP) is 2.85. The molecule has 0 fully saturated rings. The van der Waals surface area contributed by atoms with Gasteiger partial charge in [0.25, 0.3) is 0 Å². The maximum absolute atomic E-state index is 12.8. The lowest BCUT2D eigenvalue weighted by molar-refractivity contribution is -0.131. The molecule has 0 atom stereocenters. The molecule has 0 aliphatic heterocycles. The Hall–Kier alpha value is -3.35. The number of hydrogen-bond acceptors (Lipinski definition) is 5. The molecule has 3 rings (SSSR count). The van der Waals surface area contributed by atoms with E-state index in [4.69, 9.17) is 9.47 Å². The Labute approximate surface area is 169 Å². The predicted molar refractivity (Wildman–Crippen MR) is 111 cm³/mol.